The maximum Gasteiger partial charge on any atom is 0.319 e. The van der Waals surface area contributed by atoms with Gasteiger partial charge in [-0.3, -0.25) is 4.90 Å². The van der Waals surface area contributed by atoms with Crippen molar-refractivity contribution >= 4 is 27.5 Å². The predicted octanol–water partition coefficient (Wildman–Crippen LogP) is 5.56. The highest BCUT2D eigenvalue weighted by Gasteiger charge is 2.49. The van der Waals surface area contributed by atoms with Gasteiger partial charge in [0.15, 0.2) is 5.82 Å². The highest BCUT2D eigenvalue weighted by atomic mass is 19.1. The molecule has 45 heavy (non-hydrogen) atoms. The summed E-state index contributed by atoms with van der Waals surface area (Å²) in [7, 11) is 0. The number of terminal acetylenes is 1. The van der Waals surface area contributed by atoms with Gasteiger partial charge in [-0.2, -0.15) is 9.97 Å². The molecule has 0 bridgehead atoms. The summed E-state index contributed by atoms with van der Waals surface area (Å²) in [6, 6.07) is 8.77. The second-order valence-electron chi connectivity index (χ2n) is 13.0. The van der Waals surface area contributed by atoms with E-state index in [-0.39, 0.29) is 41.5 Å². The van der Waals surface area contributed by atoms with Crippen molar-refractivity contribution in [2.24, 2.45) is 0 Å². The summed E-state index contributed by atoms with van der Waals surface area (Å²) in [6.07, 6.45) is 9.43. The Balaban J connectivity index is 1.32. The number of nitrogens with zero attached hydrogens (tertiary/aromatic N) is 5. The lowest BCUT2D eigenvalue weighted by Gasteiger charge is -2.40. The first-order chi connectivity index (χ1) is 21.9. The van der Waals surface area contributed by atoms with Crippen LogP contribution in [-0.2, 0) is 6.42 Å². The first kappa shape index (κ1) is 28.5. The lowest BCUT2D eigenvalue weighted by Crippen LogP contribution is -2.56. The van der Waals surface area contributed by atoms with Gasteiger partial charge >= 0.3 is 6.01 Å². The van der Waals surface area contributed by atoms with Gasteiger partial charge in [0.25, 0.3) is 0 Å². The zero-order chi connectivity index (χ0) is 30.9. The van der Waals surface area contributed by atoms with Crippen molar-refractivity contribution < 1.29 is 17.9 Å². The SMILES string of the molecule is C#Cc1c(F)ccc2cccc(-c3nc4c5c(nc(OC[C@@]67CCCN6C[C@H](F)C7)nc5c3F)N3C[C@@H](CC)NC[C@@H]3CC4)c12. The summed E-state index contributed by atoms with van der Waals surface area (Å²) in [5.74, 6) is 1.91. The monoisotopic (exact) mass is 612 g/mol. The molecule has 0 amide bonds. The van der Waals surface area contributed by atoms with Crippen LogP contribution in [0.15, 0.2) is 30.3 Å². The number of benzene rings is 2. The standard InChI is InChI=1S/C35H35F3N6O/c1-3-22-18-44-23(16-39-22)10-12-27-29-32(41-34(42-33(29)44)45-19-35-13-6-14-43(35)17-21(36)15-35)30(38)31(40-27)25-8-5-7-20-9-11-26(37)24(4-2)28(20)25/h2,5,7-9,11,21-23,39H,3,6,10,12-19H2,1H3/t21-,22-,23+,35+/m1/s1. The maximum atomic E-state index is 17.0. The van der Waals surface area contributed by atoms with Gasteiger partial charge in [-0.05, 0) is 50.1 Å². The Morgan fingerprint density at radius 1 is 1.13 bits per heavy atom. The molecule has 0 radical (unpaired) electrons. The molecule has 0 saturated carbocycles. The highest BCUT2D eigenvalue weighted by molar-refractivity contribution is 6.02. The van der Waals surface area contributed by atoms with Crippen molar-refractivity contribution in [2.75, 3.05) is 37.7 Å². The zero-order valence-electron chi connectivity index (χ0n) is 25.3. The number of rotatable bonds is 5. The zero-order valence-corrected chi connectivity index (χ0v) is 25.3. The van der Waals surface area contributed by atoms with Crippen LogP contribution in [-0.4, -0.2) is 76.4 Å². The number of hydrogen-bond donors (Lipinski definition) is 1. The quantitative estimate of drug-likeness (QED) is 0.296. The second-order valence-corrected chi connectivity index (χ2v) is 13.0. The van der Waals surface area contributed by atoms with Gasteiger partial charge in [-0.15, -0.1) is 6.42 Å². The van der Waals surface area contributed by atoms with Crippen LogP contribution >= 0.6 is 0 Å². The molecule has 2 aromatic carbocycles. The molecular weight excluding hydrogens is 577 g/mol. The maximum absolute atomic E-state index is 17.0. The van der Waals surface area contributed by atoms with Gasteiger partial charge in [0.2, 0.25) is 0 Å². The summed E-state index contributed by atoms with van der Waals surface area (Å²) in [6.45, 7) is 5.12. The fraction of sp³-hybridized carbons (Fsp3) is 0.457. The van der Waals surface area contributed by atoms with Crippen LogP contribution in [0.4, 0.5) is 19.0 Å². The lowest BCUT2D eigenvalue weighted by atomic mass is 9.95. The Bertz CT molecular complexity index is 1880. The normalized spacial score (nSPS) is 26.1. The Labute approximate surface area is 260 Å². The number of pyridine rings is 1. The number of aryl methyl sites for hydroxylation is 1. The summed E-state index contributed by atoms with van der Waals surface area (Å²) in [4.78, 5) is 19.0. The van der Waals surface area contributed by atoms with E-state index in [4.69, 9.17) is 26.1 Å². The molecule has 4 aromatic rings. The number of halogens is 3. The molecule has 6 heterocycles. The topological polar surface area (TPSA) is 66.4 Å². The molecule has 0 aliphatic carbocycles. The Kier molecular flexibility index (Phi) is 6.88. The minimum absolute atomic E-state index is 0.0691. The first-order valence-electron chi connectivity index (χ1n) is 16.0. The van der Waals surface area contributed by atoms with Crippen molar-refractivity contribution in [3.8, 4) is 29.6 Å². The average molecular weight is 613 g/mol. The first-order valence-corrected chi connectivity index (χ1v) is 16.0. The van der Waals surface area contributed by atoms with Gasteiger partial charge in [0.05, 0.1) is 22.2 Å². The third-order valence-corrected chi connectivity index (χ3v) is 10.4. The van der Waals surface area contributed by atoms with Gasteiger partial charge in [-0.1, -0.05) is 37.1 Å². The van der Waals surface area contributed by atoms with Crippen molar-refractivity contribution in [2.45, 2.75) is 69.2 Å². The molecular formula is C35H35F3N6O. The molecule has 1 N–H and O–H groups in total. The van der Waals surface area contributed by atoms with Crippen LogP contribution in [0.1, 0.15) is 50.3 Å². The van der Waals surface area contributed by atoms with Gasteiger partial charge in [0.1, 0.15) is 35.6 Å². The Morgan fingerprint density at radius 3 is 2.87 bits per heavy atom. The van der Waals surface area contributed by atoms with Crippen LogP contribution < -0.4 is 15.0 Å². The number of fused-ring (bicyclic) bond motifs is 4. The molecule has 232 valence electrons. The minimum Gasteiger partial charge on any atom is -0.461 e. The van der Waals surface area contributed by atoms with Crippen LogP contribution in [0.3, 0.4) is 0 Å². The highest BCUT2D eigenvalue weighted by Crippen LogP contribution is 2.43. The van der Waals surface area contributed by atoms with E-state index in [0.717, 1.165) is 38.8 Å². The summed E-state index contributed by atoms with van der Waals surface area (Å²) in [5.41, 5.74) is 0.962. The van der Waals surface area contributed by atoms with E-state index in [1.54, 1.807) is 18.2 Å². The van der Waals surface area contributed by atoms with Crippen LogP contribution in [0.2, 0.25) is 0 Å². The van der Waals surface area contributed by atoms with Crippen LogP contribution in [0, 0.1) is 24.0 Å². The molecule has 0 spiro atoms. The van der Waals surface area contributed by atoms with E-state index in [9.17, 15) is 8.78 Å². The van der Waals surface area contributed by atoms with Crippen molar-refractivity contribution in [3.05, 3.63) is 53.2 Å². The van der Waals surface area contributed by atoms with E-state index in [0.29, 0.717) is 59.2 Å². The molecule has 8 rings (SSSR count). The molecule has 7 nitrogen and oxygen atoms in total. The smallest absolute Gasteiger partial charge is 0.319 e. The minimum atomic E-state index is -0.893. The number of anilines is 1. The van der Waals surface area contributed by atoms with Gasteiger partial charge in [-0.25, -0.2) is 18.2 Å². The largest absolute Gasteiger partial charge is 0.461 e. The molecule has 4 aliphatic rings. The van der Waals surface area contributed by atoms with E-state index in [1.807, 2.05) is 6.07 Å². The summed E-state index contributed by atoms with van der Waals surface area (Å²) >= 11 is 0. The van der Waals surface area contributed by atoms with E-state index in [1.165, 1.54) is 6.07 Å². The number of aromatic nitrogens is 3. The molecule has 3 saturated heterocycles. The van der Waals surface area contributed by atoms with E-state index < -0.39 is 23.3 Å². The lowest BCUT2D eigenvalue weighted by molar-refractivity contribution is 0.107. The van der Waals surface area contributed by atoms with Crippen molar-refractivity contribution in [1.29, 1.82) is 0 Å². The third-order valence-electron chi connectivity index (χ3n) is 10.4. The van der Waals surface area contributed by atoms with Crippen LogP contribution in [0.25, 0.3) is 32.9 Å². The number of piperazine rings is 1. The molecule has 4 aliphatic heterocycles. The fourth-order valence-electron chi connectivity index (χ4n) is 8.14. The molecule has 3 fully saturated rings. The van der Waals surface area contributed by atoms with Gasteiger partial charge in [0, 0.05) is 49.1 Å². The van der Waals surface area contributed by atoms with E-state index >= 15 is 4.39 Å². The summed E-state index contributed by atoms with van der Waals surface area (Å²) in [5, 5.41) is 5.35. The average Bonchev–Trinajstić information content (AvgIpc) is 3.53. The number of hydrogen-bond acceptors (Lipinski definition) is 7. The fourth-order valence-corrected chi connectivity index (χ4v) is 8.14. The Hall–Kier alpha value is -3.94. The Morgan fingerprint density at radius 2 is 2.02 bits per heavy atom. The van der Waals surface area contributed by atoms with Crippen LogP contribution in [0.5, 0.6) is 6.01 Å². The predicted molar refractivity (Wildman–Crippen MR) is 168 cm³/mol. The summed E-state index contributed by atoms with van der Waals surface area (Å²) < 4.78 is 52.7. The number of ether oxygens (including phenoxy) is 1. The number of nitrogens with one attached hydrogen (secondary N) is 1. The number of alkyl halides is 1. The van der Waals surface area contributed by atoms with Crippen molar-refractivity contribution in [1.82, 2.24) is 25.2 Å². The second kappa shape index (κ2) is 10.8. The molecule has 2 aromatic heterocycles. The molecule has 4 atom stereocenters. The van der Waals surface area contributed by atoms with E-state index in [2.05, 4.69) is 28.0 Å². The van der Waals surface area contributed by atoms with Crippen molar-refractivity contribution in [3.63, 3.8) is 0 Å². The third kappa shape index (κ3) is 4.54. The van der Waals surface area contributed by atoms with Gasteiger partial charge < -0.3 is 15.0 Å². The molecule has 10 heteroatoms. The molecule has 0 unspecified atom stereocenters.